The number of ether oxygens (including phenoxy) is 1. The lowest BCUT2D eigenvalue weighted by molar-refractivity contribution is -0.131. The summed E-state index contributed by atoms with van der Waals surface area (Å²) in [4.78, 5) is 14.3. The van der Waals surface area contributed by atoms with Crippen molar-refractivity contribution < 1.29 is 23.1 Å². The molecular formula is C13H18N2O5S. The number of sulfonamides is 1. The molecule has 0 spiro atoms. The molecule has 1 aromatic heterocycles. The van der Waals surface area contributed by atoms with Crippen LogP contribution >= 0.6 is 0 Å². The SMILES string of the molecule is COCC(C)N(C)S(=O)(=O)c1cncc(C=CC(=O)O)c1. The second kappa shape index (κ2) is 7.30. The molecule has 1 atom stereocenters. The number of aliphatic carboxylic acids is 1. The molecule has 0 saturated heterocycles. The van der Waals surface area contributed by atoms with Gasteiger partial charge in [0.25, 0.3) is 0 Å². The molecule has 7 nitrogen and oxygen atoms in total. The summed E-state index contributed by atoms with van der Waals surface area (Å²) in [6.07, 6.45) is 4.82. The molecule has 0 aromatic carbocycles. The first-order chi connectivity index (χ1) is 9.78. The maximum absolute atomic E-state index is 12.4. The summed E-state index contributed by atoms with van der Waals surface area (Å²) in [5, 5.41) is 8.58. The lowest BCUT2D eigenvalue weighted by Crippen LogP contribution is -2.37. The first-order valence-electron chi connectivity index (χ1n) is 6.12. The van der Waals surface area contributed by atoms with Crippen LogP contribution in [-0.2, 0) is 19.6 Å². The van der Waals surface area contributed by atoms with Gasteiger partial charge in [-0.3, -0.25) is 4.98 Å². The minimum atomic E-state index is -3.71. The molecule has 0 radical (unpaired) electrons. The number of hydrogen-bond donors (Lipinski definition) is 1. The van der Waals surface area contributed by atoms with Crippen LogP contribution in [0.15, 0.2) is 29.4 Å². The quantitative estimate of drug-likeness (QED) is 0.749. The van der Waals surface area contributed by atoms with E-state index in [4.69, 9.17) is 9.84 Å². The van der Waals surface area contributed by atoms with Crippen molar-refractivity contribution in [2.24, 2.45) is 0 Å². The van der Waals surface area contributed by atoms with Gasteiger partial charge in [0.05, 0.1) is 6.61 Å². The maximum Gasteiger partial charge on any atom is 0.328 e. The monoisotopic (exact) mass is 314 g/mol. The van der Waals surface area contributed by atoms with E-state index in [0.717, 1.165) is 6.08 Å². The number of likely N-dealkylation sites (N-methyl/N-ethyl adjacent to an activating group) is 1. The Labute approximate surface area is 123 Å². The molecule has 0 aliphatic rings. The van der Waals surface area contributed by atoms with Gasteiger partial charge < -0.3 is 9.84 Å². The van der Waals surface area contributed by atoms with Crippen molar-refractivity contribution in [1.29, 1.82) is 0 Å². The van der Waals surface area contributed by atoms with Gasteiger partial charge in [0.15, 0.2) is 0 Å². The third-order valence-electron chi connectivity index (χ3n) is 2.86. The maximum atomic E-state index is 12.4. The van der Waals surface area contributed by atoms with Crippen molar-refractivity contribution in [3.05, 3.63) is 30.1 Å². The largest absolute Gasteiger partial charge is 0.478 e. The fraction of sp³-hybridized carbons (Fsp3) is 0.385. The molecule has 1 aromatic rings. The van der Waals surface area contributed by atoms with Gasteiger partial charge in [0.2, 0.25) is 10.0 Å². The normalized spacial score (nSPS) is 13.7. The van der Waals surface area contributed by atoms with Gasteiger partial charge in [-0.1, -0.05) is 0 Å². The standard InChI is InChI=1S/C13H18N2O5S/c1-10(9-20-3)15(2)21(18,19)12-6-11(7-14-8-12)4-5-13(16)17/h4-8,10H,9H2,1-3H3,(H,16,17). The molecule has 1 N–H and O–H groups in total. The Kier molecular flexibility index (Phi) is 6.01. The fourth-order valence-corrected chi connectivity index (χ4v) is 2.93. The van der Waals surface area contributed by atoms with E-state index < -0.39 is 16.0 Å². The summed E-state index contributed by atoms with van der Waals surface area (Å²) in [6, 6.07) is 1.04. The van der Waals surface area contributed by atoms with Crippen LogP contribution in [0.1, 0.15) is 12.5 Å². The summed E-state index contributed by atoms with van der Waals surface area (Å²) in [7, 11) is -0.759. The number of carboxylic acid groups (broad SMARTS) is 1. The van der Waals surface area contributed by atoms with E-state index in [0.29, 0.717) is 5.56 Å². The Balaban J connectivity index is 3.09. The Morgan fingerprint density at radius 3 is 2.76 bits per heavy atom. The number of methoxy groups -OCH3 is 1. The Morgan fingerprint density at radius 2 is 2.19 bits per heavy atom. The average Bonchev–Trinajstić information content (AvgIpc) is 2.44. The van der Waals surface area contributed by atoms with Crippen LogP contribution in [0, 0.1) is 0 Å². The van der Waals surface area contributed by atoms with Gasteiger partial charge in [-0.05, 0) is 24.6 Å². The number of nitrogens with zero attached hydrogens (tertiary/aromatic N) is 2. The van der Waals surface area contributed by atoms with Gasteiger partial charge in [-0.25, -0.2) is 13.2 Å². The first-order valence-corrected chi connectivity index (χ1v) is 7.56. The molecule has 1 unspecified atom stereocenters. The zero-order valence-corrected chi connectivity index (χ0v) is 12.9. The molecule has 0 aliphatic carbocycles. The van der Waals surface area contributed by atoms with Crippen LogP contribution in [0.4, 0.5) is 0 Å². The minimum Gasteiger partial charge on any atom is -0.478 e. The molecule has 0 aliphatic heterocycles. The zero-order valence-electron chi connectivity index (χ0n) is 12.1. The molecule has 1 heterocycles. The smallest absolute Gasteiger partial charge is 0.328 e. The van der Waals surface area contributed by atoms with Crippen molar-refractivity contribution in [2.75, 3.05) is 20.8 Å². The van der Waals surface area contributed by atoms with E-state index in [1.807, 2.05) is 0 Å². The third-order valence-corrected chi connectivity index (χ3v) is 4.80. The molecule has 0 bridgehead atoms. The van der Waals surface area contributed by atoms with Crippen LogP contribution in [0.3, 0.4) is 0 Å². The summed E-state index contributed by atoms with van der Waals surface area (Å²) in [5.41, 5.74) is 0.395. The van der Waals surface area contributed by atoms with Gasteiger partial charge in [0, 0.05) is 38.7 Å². The molecule has 0 fully saturated rings. The third kappa shape index (κ3) is 4.62. The molecule has 21 heavy (non-hydrogen) atoms. The zero-order chi connectivity index (χ0) is 16.0. The lowest BCUT2D eigenvalue weighted by Gasteiger charge is -2.23. The number of aromatic nitrogens is 1. The van der Waals surface area contributed by atoms with Crippen LogP contribution in [0.25, 0.3) is 6.08 Å². The molecule has 1 rings (SSSR count). The Hall–Kier alpha value is -1.77. The summed E-state index contributed by atoms with van der Waals surface area (Å²) >= 11 is 0. The van der Waals surface area contributed by atoms with Crippen LogP contribution in [-0.4, -0.2) is 55.6 Å². The number of carbonyl (C=O) groups is 1. The highest BCUT2D eigenvalue weighted by atomic mass is 32.2. The molecular weight excluding hydrogens is 296 g/mol. The van der Waals surface area contributed by atoms with E-state index in [9.17, 15) is 13.2 Å². The Morgan fingerprint density at radius 1 is 1.52 bits per heavy atom. The van der Waals surface area contributed by atoms with Crippen LogP contribution < -0.4 is 0 Å². The van der Waals surface area contributed by atoms with Crippen LogP contribution in [0.2, 0.25) is 0 Å². The molecule has 116 valence electrons. The highest BCUT2D eigenvalue weighted by Gasteiger charge is 2.25. The molecule has 8 heteroatoms. The van der Waals surface area contributed by atoms with Gasteiger partial charge >= 0.3 is 5.97 Å². The average molecular weight is 314 g/mol. The second-order valence-corrected chi connectivity index (χ2v) is 6.45. The van der Waals surface area contributed by atoms with E-state index >= 15 is 0 Å². The number of rotatable bonds is 7. The predicted octanol–water partition coefficient (Wildman–Crippen LogP) is 0.835. The summed E-state index contributed by atoms with van der Waals surface area (Å²) in [6.45, 7) is 1.99. The highest BCUT2D eigenvalue weighted by molar-refractivity contribution is 7.89. The predicted molar refractivity (Wildman–Crippen MR) is 77.2 cm³/mol. The number of hydrogen-bond acceptors (Lipinski definition) is 5. The van der Waals surface area contributed by atoms with E-state index in [1.54, 1.807) is 6.92 Å². The first kappa shape index (κ1) is 17.3. The van der Waals surface area contributed by atoms with E-state index in [1.165, 1.54) is 43.0 Å². The molecule has 0 amide bonds. The van der Waals surface area contributed by atoms with Crippen molar-refractivity contribution in [2.45, 2.75) is 17.9 Å². The van der Waals surface area contributed by atoms with Gasteiger partial charge in [-0.2, -0.15) is 4.31 Å². The topological polar surface area (TPSA) is 96.8 Å². The fourth-order valence-electron chi connectivity index (χ4n) is 1.58. The van der Waals surface area contributed by atoms with Crippen molar-refractivity contribution in [3.8, 4) is 0 Å². The lowest BCUT2D eigenvalue weighted by atomic mass is 10.2. The second-order valence-electron chi connectivity index (χ2n) is 4.45. The van der Waals surface area contributed by atoms with E-state index in [2.05, 4.69) is 4.98 Å². The minimum absolute atomic E-state index is 0.000455. The summed E-state index contributed by atoms with van der Waals surface area (Å²) < 4.78 is 31.0. The van der Waals surface area contributed by atoms with Crippen molar-refractivity contribution >= 4 is 22.1 Å². The number of carboxylic acids is 1. The van der Waals surface area contributed by atoms with E-state index in [-0.39, 0.29) is 17.5 Å². The number of pyridine rings is 1. The van der Waals surface area contributed by atoms with Crippen molar-refractivity contribution in [1.82, 2.24) is 9.29 Å². The summed E-state index contributed by atoms with van der Waals surface area (Å²) in [5.74, 6) is -1.12. The van der Waals surface area contributed by atoms with Crippen molar-refractivity contribution in [3.63, 3.8) is 0 Å². The highest BCUT2D eigenvalue weighted by Crippen LogP contribution is 2.17. The Bertz CT molecular complexity index is 627. The van der Waals surface area contributed by atoms with Gasteiger partial charge in [0.1, 0.15) is 4.90 Å². The van der Waals surface area contributed by atoms with Gasteiger partial charge in [-0.15, -0.1) is 0 Å². The molecule has 0 saturated carbocycles. The van der Waals surface area contributed by atoms with Crippen LogP contribution in [0.5, 0.6) is 0 Å².